The number of nitrogens with one attached hydrogen (secondary N) is 1. The maximum atomic E-state index is 3.71. The molecular weight excluding hydrogens is 196 g/mol. The zero-order valence-corrected chi connectivity index (χ0v) is 11.6. The van der Waals surface area contributed by atoms with Gasteiger partial charge >= 0.3 is 0 Å². The van der Waals surface area contributed by atoms with E-state index in [-0.39, 0.29) is 0 Å². The molecule has 1 rings (SSSR count). The first kappa shape index (κ1) is 14.0. The van der Waals surface area contributed by atoms with Gasteiger partial charge in [-0.25, -0.2) is 0 Å². The minimum atomic E-state index is 0.689. The van der Waals surface area contributed by atoms with Crippen LogP contribution in [0.5, 0.6) is 0 Å². The van der Waals surface area contributed by atoms with Gasteiger partial charge < -0.3 is 10.2 Å². The predicted molar refractivity (Wildman–Crippen MR) is 71.8 cm³/mol. The van der Waals surface area contributed by atoms with E-state index in [1.807, 2.05) is 0 Å². The molecule has 2 atom stereocenters. The second kappa shape index (κ2) is 7.29. The van der Waals surface area contributed by atoms with Crippen molar-refractivity contribution in [3.8, 4) is 0 Å². The van der Waals surface area contributed by atoms with Gasteiger partial charge in [0.15, 0.2) is 0 Å². The Morgan fingerprint density at radius 2 is 1.88 bits per heavy atom. The first-order valence-corrected chi connectivity index (χ1v) is 7.03. The Balaban J connectivity index is 2.09. The lowest BCUT2D eigenvalue weighted by atomic mass is 9.95. The average Bonchev–Trinajstić information content (AvgIpc) is 2.28. The fourth-order valence-electron chi connectivity index (χ4n) is 2.49. The lowest BCUT2D eigenvalue weighted by Gasteiger charge is -2.30. The second-order valence-corrected chi connectivity index (χ2v) is 5.81. The third-order valence-electron chi connectivity index (χ3n) is 4.05. The summed E-state index contributed by atoms with van der Waals surface area (Å²) in [7, 11) is 2.23. The predicted octanol–water partition coefficient (Wildman–Crippen LogP) is 2.74. The Labute approximate surface area is 102 Å². The first-order valence-electron chi connectivity index (χ1n) is 7.03. The zero-order valence-electron chi connectivity index (χ0n) is 11.6. The van der Waals surface area contributed by atoms with E-state index in [1.54, 1.807) is 0 Å². The molecule has 1 fully saturated rings. The zero-order chi connectivity index (χ0) is 12.0. The SMILES string of the molecule is CCC(C)CC(C)NCC1CCN(C)CC1. The summed E-state index contributed by atoms with van der Waals surface area (Å²) >= 11 is 0. The fraction of sp³-hybridized carbons (Fsp3) is 1.00. The fourth-order valence-corrected chi connectivity index (χ4v) is 2.49. The quantitative estimate of drug-likeness (QED) is 0.749. The first-order chi connectivity index (χ1) is 7.61. The highest BCUT2D eigenvalue weighted by Gasteiger charge is 2.17. The lowest BCUT2D eigenvalue weighted by Crippen LogP contribution is -2.38. The van der Waals surface area contributed by atoms with E-state index in [2.05, 4.69) is 38.0 Å². The van der Waals surface area contributed by atoms with Crippen LogP contribution in [0.4, 0.5) is 0 Å². The van der Waals surface area contributed by atoms with E-state index in [1.165, 1.54) is 45.3 Å². The van der Waals surface area contributed by atoms with Crippen molar-refractivity contribution in [1.29, 1.82) is 0 Å². The van der Waals surface area contributed by atoms with E-state index in [9.17, 15) is 0 Å². The normalized spacial score (nSPS) is 23.2. The number of nitrogens with zero attached hydrogens (tertiary/aromatic N) is 1. The Kier molecular flexibility index (Phi) is 6.37. The third-order valence-corrected chi connectivity index (χ3v) is 4.05. The standard InChI is InChI=1S/C14H30N2/c1-5-12(2)10-13(3)15-11-14-6-8-16(4)9-7-14/h12-15H,5-11H2,1-4H3. The van der Waals surface area contributed by atoms with Crippen molar-refractivity contribution in [2.24, 2.45) is 11.8 Å². The molecule has 0 spiro atoms. The second-order valence-electron chi connectivity index (χ2n) is 5.81. The highest BCUT2D eigenvalue weighted by Crippen LogP contribution is 2.16. The number of rotatable bonds is 6. The topological polar surface area (TPSA) is 15.3 Å². The van der Waals surface area contributed by atoms with Crippen LogP contribution < -0.4 is 5.32 Å². The van der Waals surface area contributed by atoms with Crippen molar-refractivity contribution >= 4 is 0 Å². The highest BCUT2D eigenvalue weighted by molar-refractivity contribution is 4.74. The van der Waals surface area contributed by atoms with E-state index in [4.69, 9.17) is 0 Å². The summed E-state index contributed by atoms with van der Waals surface area (Å²) in [6, 6.07) is 0.689. The molecule has 0 saturated carbocycles. The molecule has 1 saturated heterocycles. The summed E-state index contributed by atoms with van der Waals surface area (Å²) in [5.74, 6) is 1.77. The van der Waals surface area contributed by atoms with Gasteiger partial charge in [0.05, 0.1) is 0 Å². The molecule has 0 amide bonds. The largest absolute Gasteiger partial charge is 0.314 e. The summed E-state index contributed by atoms with van der Waals surface area (Å²) in [5.41, 5.74) is 0. The van der Waals surface area contributed by atoms with E-state index >= 15 is 0 Å². The Bertz CT molecular complexity index is 174. The maximum Gasteiger partial charge on any atom is 0.00413 e. The van der Waals surface area contributed by atoms with Gasteiger partial charge in [-0.1, -0.05) is 20.3 Å². The monoisotopic (exact) mass is 226 g/mol. The summed E-state index contributed by atoms with van der Waals surface area (Å²) in [5, 5.41) is 3.71. The molecule has 2 heteroatoms. The molecule has 2 unspecified atom stereocenters. The van der Waals surface area contributed by atoms with Gasteiger partial charge in [0, 0.05) is 6.04 Å². The number of hydrogen-bond acceptors (Lipinski definition) is 2. The van der Waals surface area contributed by atoms with Crippen molar-refractivity contribution in [2.75, 3.05) is 26.7 Å². The summed E-state index contributed by atoms with van der Waals surface area (Å²) in [6.45, 7) is 10.8. The van der Waals surface area contributed by atoms with Crippen LogP contribution in [0.1, 0.15) is 46.5 Å². The summed E-state index contributed by atoms with van der Waals surface area (Å²) in [4.78, 5) is 2.44. The Hall–Kier alpha value is -0.0800. The van der Waals surface area contributed by atoms with E-state index < -0.39 is 0 Å². The molecule has 0 radical (unpaired) electrons. The van der Waals surface area contributed by atoms with Crippen molar-refractivity contribution in [2.45, 2.75) is 52.5 Å². The van der Waals surface area contributed by atoms with Crippen LogP contribution in [0.25, 0.3) is 0 Å². The van der Waals surface area contributed by atoms with E-state index in [0.29, 0.717) is 6.04 Å². The van der Waals surface area contributed by atoms with Crippen LogP contribution in [0, 0.1) is 11.8 Å². The van der Waals surface area contributed by atoms with Crippen LogP contribution in [-0.4, -0.2) is 37.6 Å². The van der Waals surface area contributed by atoms with Gasteiger partial charge in [0.1, 0.15) is 0 Å². The lowest BCUT2D eigenvalue weighted by molar-refractivity contribution is 0.211. The van der Waals surface area contributed by atoms with Gasteiger partial charge in [-0.05, 0) is 64.7 Å². The molecule has 0 aromatic carbocycles. The Morgan fingerprint density at radius 3 is 2.44 bits per heavy atom. The van der Waals surface area contributed by atoms with Crippen LogP contribution in [0.15, 0.2) is 0 Å². The van der Waals surface area contributed by atoms with Gasteiger partial charge in [-0.15, -0.1) is 0 Å². The van der Waals surface area contributed by atoms with Gasteiger partial charge in [-0.3, -0.25) is 0 Å². The summed E-state index contributed by atoms with van der Waals surface area (Å²) < 4.78 is 0. The number of hydrogen-bond donors (Lipinski definition) is 1. The summed E-state index contributed by atoms with van der Waals surface area (Å²) in [6.07, 6.45) is 5.38. The molecule has 2 nitrogen and oxygen atoms in total. The molecule has 0 aliphatic carbocycles. The molecule has 0 bridgehead atoms. The van der Waals surface area contributed by atoms with E-state index in [0.717, 1.165) is 11.8 Å². The van der Waals surface area contributed by atoms with Crippen molar-refractivity contribution in [3.63, 3.8) is 0 Å². The van der Waals surface area contributed by atoms with Crippen molar-refractivity contribution in [3.05, 3.63) is 0 Å². The van der Waals surface area contributed by atoms with Gasteiger partial charge in [0.2, 0.25) is 0 Å². The minimum Gasteiger partial charge on any atom is -0.314 e. The number of piperidine rings is 1. The smallest absolute Gasteiger partial charge is 0.00413 e. The molecule has 1 aliphatic heterocycles. The molecule has 1 aliphatic rings. The van der Waals surface area contributed by atoms with Crippen LogP contribution in [-0.2, 0) is 0 Å². The van der Waals surface area contributed by atoms with Crippen molar-refractivity contribution in [1.82, 2.24) is 10.2 Å². The number of likely N-dealkylation sites (tertiary alicyclic amines) is 1. The maximum absolute atomic E-state index is 3.71. The molecule has 1 N–H and O–H groups in total. The average molecular weight is 226 g/mol. The van der Waals surface area contributed by atoms with Crippen LogP contribution in [0.3, 0.4) is 0 Å². The molecule has 16 heavy (non-hydrogen) atoms. The molecule has 96 valence electrons. The van der Waals surface area contributed by atoms with Crippen LogP contribution in [0.2, 0.25) is 0 Å². The third kappa shape index (κ3) is 5.31. The Morgan fingerprint density at radius 1 is 1.25 bits per heavy atom. The highest BCUT2D eigenvalue weighted by atomic mass is 15.1. The molecule has 1 heterocycles. The van der Waals surface area contributed by atoms with Gasteiger partial charge in [-0.2, -0.15) is 0 Å². The molecular formula is C14H30N2. The van der Waals surface area contributed by atoms with Gasteiger partial charge in [0.25, 0.3) is 0 Å². The van der Waals surface area contributed by atoms with Crippen molar-refractivity contribution < 1.29 is 0 Å². The molecule has 0 aromatic heterocycles. The molecule has 0 aromatic rings. The minimum absolute atomic E-state index is 0.689. The van der Waals surface area contributed by atoms with Crippen LogP contribution >= 0.6 is 0 Å².